The Morgan fingerprint density at radius 2 is 1.80 bits per heavy atom. The van der Waals surface area contributed by atoms with E-state index in [-0.39, 0.29) is 0 Å². The smallest absolute Gasteiger partial charge is 0.102 e. The van der Waals surface area contributed by atoms with Crippen LogP contribution >= 0.6 is 12.1 Å². The quantitative estimate of drug-likeness (QED) is 0.397. The van der Waals surface area contributed by atoms with Gasteiger partial charge in [0.1, 0.15) is 6.34 Å². The Morgan fingerprint density at radius 3 is 2.35 bits per heavy atom. The molecule has 0 aliphatic rings. The molecular weight excluding hydrogens is 266 g/mol. The number of aliphatic imine (C=N–C) groups is 1. The number of hydrogen-bond acceptors (Lipinski definition) is 3. The largest absolute Gasteiger partial charge is 0.297 e. The Bertz CT molecular complexity index is 426. The van der Waals surface area contributed by atoms with Crippen molar-refractivity contribution in [2.24, 2.45) is 4.99 Å². The average molecular weight is 293 g/mol. The van der Waals surface area contributed by atoms with Crippen LogP contribution in [0.5, 0.6) is 0 Å². The predicted octanol–water partition coefficient (Wildman–Crippen LogP) is 4.58. The second kappa shape index (κ2) is 9.03. The number of hydrogen-bond donors (Lipinski definition) is 0. The lowest BCUT2D eigenvalue weighted by atomic mass is 10.1. The maximum absolute atomic E-state index is 4.57. The average Bonchev–Trinajstić information content (AvgIpc) is 2.38. The maximum Gasteiger partial charge on any atom is 0.102 e. The Morgan fingerprint density at radius 1 is 1.15 bits per heavy atom. The fourth-order valence-electron chi connectivity index (χ4n) is 1.99. The van der Waals surface area contributed by atoms with E-state index in [4.69, 9.17) is 0 Å². The molecule has 0 N–H and O–H groups in total. The molecule has 0 atom stereocenters. The fourth-order valence-corrected chi connectivity index (χ4v) is 2.97. The van der Waals surface area contributed by atoms with Gasteiger partial charge in [-0.1, -0.05) is 31.5 Å². The second-order valence-electron chi connectivity index (χ2n) is 5.09. The number of nitrogens with zero attached hydrogens (tertiary/aromatic N) is 3. The summed E-state index contributed by atoms with van der Waals surface area (Å²) in [6.07, 6.45) is 4.25. The molecule has 0 fully saturated rings. The zero-order chi connectivity index (χ0) is 15.0. The molecule has 0 aliphatic heterocycles. The highest BCUT2D eigenvalue weighted by molar-refractivity contribution is 7.95. The van der Waals surface area contributed by atoms with E-state index in [0.717, 1.165) is 18.8 Å². The molecule has 0 bridgehead atoms. The van der Waals surface area contributed by atoms with Gasteiger partial charge in [-0.15, -0.1) is 0 Å². The van der Waals surface area contributed by atoms with Crippen LogP contribution in [0.4, 0.5) is 5.69 Å². The monoisotopic (exact) mass is 293 g/mol. The summed E-state index contributed by atoms with van der Waals surface area (Å²) in [6, 6.07) is 6.35. The summed E-state index contributed by atoms with van der Waals surface area (Å²) in [5.74, 6) is 0. The first-order valence-corrected chi connectivity index (χ1v) is 8.07. The Hall–Kier alpha value is -1.00. The Balaban J connectivity index is 2.59. The van der Waals surface area contributed by atoms with Gasteiger partial charge in [0, 0.05) is 32.3 Å². The first-order valence-electron chi connectivity index (χ1n) is 7.34. The number of aryl methyl sites for hydroxylation is 2. The first-order chi connectivity index (χ1) is 9.56. The molecule has 4 heteroatoms. The molecule has 3 nitrogen and oxygen atoms in total. The van der Waals surface area contributed by atoms with E-state index < -0.39 is 0 Å². The third kappa shape index (κ3) is 5.97. The van der Waals surface area contributed by atoms with Crippen LogP contribution < -0.4 is 0 Å². The van der Waals surface area contributed by atoms with Crippen LogP contribution in [0.15, 0.2) is 23.2 Å². The van der Waals surface area contributed by atoms with Gasteiger partial charge in [-0.05, 0) is 38.3 Å². The minimum Gasteiger partial charge on any atom is -0.297 e. The van der Waals surface area contributed by atoms with Crippen molar-refractivity contribution in [1.29, 1.82) is 0 Å². The van der Waals surface area contributed by atoms with Gasteiger partial charge in [0.2, 0.25) is 0 Å². The van der Waals surface area contributed by atoms with Crippen LogP contribution in [0, 0.1) is 13.8 Å². The van der Waals surface area contributed by atoms with Crippen LogP contribution in [0.3, 0.4) is 0 Å². The van der Waals surface area contributed by atoms with E-state index in [2.05, 4.69) is 66.5 Å². The fraction of sp³-hybridized carbons (Fsp3) is 0.562. The van der Waals surface area contributed by atoms with Crippen LogP contribution in [-0.4, -0.2) is 35.1 Å². The van der Waals surface area contributed by atoms with Gasteiger partial charge in [-0.25, -0.2) is 9.30 Å². The van der Waals surface area contributed by atoms with Crippen LogP contribution in [0.25, 0.3) is 0 Å². The maximum atomic E-state index is 4.57. The minimum atomic E-state index is 1.04. The van der Waals surface area contributed by atoms with Gasteiger partial charge in [0.25, 0.3) is 0 Å². The minimum absolute atomic E-state index is 1.04. The zero-order valence-corrected chi connectivity index (χ0v) is 14.2. The topological polar surface area (TPSA) is 18.8 Å². The van der Waals surface area contributed by atoms with Gasteiger partial charge in [-0.2, -0.15) is 0 Å². The van der Waals surface area contributed by atoms with Gasteiger partial charge in [0.05, 0.1) is 5.69 Å². The van der Waals surface area contributed by atoms with Gasteiger partial charge < -0.3 is 0 Å². The number of rotatable bonds is 8. The lowest BCUT2D eigenvalue weighted by Crippen LogP contribution is -2.23. The Kier molecular flexibility index (Phi) is 7.70. The third-order valence-corrected chi connectivity index (χ3v) is 3.85. The molecule has 0 amide bonds. The molecule has 0 radical (unpaired) electrons. The van der Waals surface area contributed by atoms with Gasteiger partial charge in [0.15, 0.2) is 0 Å². The van der Waals surface area contributed by atoms with Crippen LogP contribution in [-0.2, 0) is 0 Å². The van der Waals surface area contributed by atoms with E-state index in [1.807, 2.05) is 6.34 Å². The first kappa shape index (κ1) is 17.1. The van der Waals surface area contributed by atoms with E-state index in [0.29, 0.717) is 0 Å². The summed E-state index contributed by atoms with van der Waals surface area (Å²) in [7, 11) is 2.05. The van der Waals surface area contributed by atoms with E-state index in [1.165, 1.54) is 24.0 Å². The molecule has 0 aromatic heterocycles. The van der Waals surface area contributed by atoms with Crippen molar-refractivity contribution in [2.45, 2.75) is 40.5 Å². The molecule has 1 aromatic carbocycles. The summed E-state index contributed by atoms with van der Waals surface area (Å²) < 4.78 is 4.46. The van der Waals surface area contributed by atoms with Gasteiger partial charge >= 0.3 is 0 Å². The van der Waals surface area contributed by atoms with Crippen molar-refractivity contribution in [1.82, 2.24) is 8.61 Å². The lowest BCUT2D eigenvalue weighted by molar-refractivity contribution is 0.457. The van der Waals surface area contributed by atoms with Crippen LogP contribution in [0.2, 0.25) is 0 Å². The van der Waals surface area contributed by atoms with E-state index in [9.17, 15) is 0 Å². The molecule has 0 saturated carbocycles. The summed E-state index contributed by atoms with van der Waals surface area (Å²) in [5.41, 5.74) is 3.54. The molecule has 0 saturated heterocycles. The highest BCUT2D eigenvalue weighted by Crippen LogP contribution is 2.20. The van der Waals surface area contributed by atoms with Crippen LogP contribution in [0.1, 0.15) is 37.8 Å². The third-order valence-electron chi connectivity index (χ3n) is 2.90. The van der Waals surface area contributed by atoms with Gasteiger partial charge in [-0.3, -0.25) is 4.31 Å². The van der Waals surface area contributed by atoms with Crippen molar-refractivity contribution in [3.63, 3.8) is 0 Å². The summed E-state index contributed by atoms with van der Waals surface area (Å²) in [4.78, 5) is 4.57. The Labute approximate surface area is 128 Å². The molecule has 1 aromatic rings. The molecule has 0 aliphatic carbocycles. The van der Waals surface area contributed by atoms with Crippen molar-refractivity contribution in [3.8, 4) is 0 Å². The summed E-state index contributed by atoms with van der Waals surface area (Å²) >= 11 is 1.74. The number of benzene rings is 1. The normalized spacial score (nSPS) is 11.5. The molecule has 20 heavy (non-hydrogen) atoms. The van der Waals surface area contributed by atoms with Crippen molar-refractivity contribution in [2.75, 3.05) is 20.1 Å². The van der Waals surface area contributed by atoms with E-state index >= 15 is 0 Å². The zero-order valence-electron chi connectivity index (χ0n) is 13.4. The van der Waals surface area contributed by atoms with E-state index in [1.54, 1.807) is 12.1 Å². The SMILES string of the molecule is CCCN(CCC)SN(C)C=Nc1ccc(C)cc1C. The lowest BCUT2D eigenvalue weighted by Gasteiger charge is -2.23. The molecule has 0 spiro atoms. The molecule has 112 valence electrons. The molecular formula is C16H27N3S. The van der Waals surface area contributed by atoms with Crippen molar-refractivity contribution < 1.29 is 0 Å². The highest BCUT2D eigenvalue weighted by atomic mass is 32.2. The van der Waals surface area contributed by atoms with Crippen molar-refractivity contribution in [3.05, 3.63) is 29.3 Å². The predicted molar refractivity (Wildman–Crippen MR) is 91.6 cm³/mol. The molecule has 0 unspecified atom stereocenters. The second-order valence-corrected chi connectivity index (χ2v) is 6.35. The summed E-state index contributed by atoms with van der Waals surface area (Å²) in [6.45, 7) is 10.9. The highest BCUT2D eigenvalue weighted by Gasteiger charge is 2.05. The molecule has 0 heterocycles. The van der Waals surface area contributed by atoms with Crippen molar-refractivity contribution >= 4 is 24.2 Å². The molecule has 1 rings (SSSR count). The summed E-state index contributed by atoms with van der Waals surface area (Å²) in [5, 5.41) is 0. The standard InChI is InChI=1S/C16H27N3S/c1-6-10-19(11-7-2)20-18(5)13-17-16-9-8-14(3)12-15(16)4/h8-9,12-13H,6-7,10-11H2,1-5H3.